The van der Waals surface area contributed by atoms with E-state index in [0.717, 1.165) is 18.4 Å². The smallest absolute Gasteiger partial charge is 0.203 e. The first-order valence-electron chi connectivity index (χ1n) is 6.27. The quantitative estimate of drug-likeness (QED) is 0.733. The van der Waals surface area contributed by atoms with Gasteiger partial charge in [0.25, 0.3) is 0 Å². The molecule has 1 rings (SSSR count). The number of rotatable bonds is 8. The van der Waals surface area contributed by atoms with Crippen LogP contribution < -0.4 is 19.5 Å². The van der Waals surface area contributed by atoms with Crippen molar-refractivity contribution in [2.45, 2.75) is 18.9 Å². The van der Waals surface area contributed by atoms with Crippen molar-refractivity contribution in [3.63, 3.8) is 0 Å². The van der Waals surface area contributed by atoms with Gasteiger partial charge in [0.15, 0.2) is 11.5 Å². The van der Waals surface area contributed by atoms with E-state index in [4.69, 9.17) is 14.2 Å². The van der Waals surface area contributed by atoms with Crippen LogP contribution in [0.2, 0.25) is 0 Å². The molecule has 0 aliphatic heterocycles. The van der Waals surface area contributed by atoms with E-state index in [1.165, 1.54) is 0 Å². The van der Waals surface area contributed by atoms with Crippen molar-refractivity contribution < 1.29 is 14.2 Å². The van der Waals surface area contributed by atoms with Crippen LogP contribution in [-0.4, -0.2) is 34.4 Å². The monoisotopic (exact) mass is 265 g/mol. The minimum Gasteiger partial charge on any atom is -0.493 e. The molecular weight excluding hydrogens is 242 g/mol. The van der Waals surface area contributed by atoms with Gasteiger partial charge in [-0.15, -0.1) is 6.58 Å². The van der Waals surface area contributed by atoms with Crippen molar-refractivity contribution in [2.24, 2.45) is 0 Å². The fraction of sp³-hybridized carbons (Fsp3) is 0.467. The molecule has 0 saturated heterocycles. The highest BCUT2D eigenvalue weighted by Gasteiger charge is 2.15. The van der Waals surface area contributed by atoms with Crippen LogP contribution in [0, 0.1) is 0 Å². The third kappa shape index (κ3) is 3.89. The van der Waals surface area contributed by atoms with Gasteiger partial charge >= 0.3 is 0 Å². The first-order valence-corrected chi connectivity index (χ1v) is 6.27. The first kappa shape index (κ1) is 15.4. The van der Waals surface area contributed by atoms with Gasteiger partial charge in [0, 0.05) is 6.04 Å². The van der Waals surface area contributed by atoms with E-state index in [1.54, 1.807) is 21.3 Å². The second kappa shape index (κ2) is 7.69. The summed E-state index contributed by atoms with van der Waals surface area (Å²) in [5.41, 5.74) is 1.13. The molecule has 19 heavy (non-hydrogen) atoms. The van der Waals surface area contributed by atoms with Gasteiger partial charge in [0.05, 0.1) is 21.3 Å². The third-order valence-corrected chi connectivity index (χ3v) is 3.07. The molecule has 0 amide bonds. The third-order valence-electron chi connectivity index (χ3n) is 3.07. The molecule has 0 aromatic heterocycles. The number of hydrogen-bond donors (Lipinski definition) is 1. The lowest BCUT2D eigenvalue weighted by Crippen LogP contribution is -2.26. The zero-order chi connectivity index (χ0) is 14.3. The van der Waals surface area contributed by atoms with Crippen molar-refractivity contribution in [1.29, 1.82) is 0 Å². The molecule has 0 aliphatic carbocycles. The Morgan fingerprint density at radius 1 is 1.16 bits per heavy atom. The number of nitrogens with one attached hydrogen (secondary N) is 1. The maximum absolute atomic E-state index is 5.35. The largest absolute Gasteiger partial charge is 0.493 e. The van der Waals surface area contributed by atoms with E-state index in [1.807, 2.05) is 25.3 Å². The zero-order valence-corrected chi connectivity index (χ0v) is 12.2. The van der Waals surface area contributed by atoms with Gasteiger partial charge in [-0.05, 0) is 37.6 Å². The normalized spacial score (nSPS) is 11.8. The minimum absolute atomic E-state index is 0.348. The summed E-state index contributed by atoms with van der Waals surface area (Å²) in [4.78, 5) is 0. The topological polar surface area (TPSA) is 39.7 Å². The molecule has 0 saturated carbocycles. The minimum atomic E-state index is 0.348. The Morgan fingerprint density at radius 2 is 1.74 bits per heavy atom. The summed E-state index contributed by atoms with van der Waals surface area (Å²) in [6.07, 6.45) is 3.70. The summed E-state index contributed by atoms with van der Waals surface area (Å²) in [6, 6.07) is 4.31. The van der Waals surface area contributed by atoms with Gasteiger partial charge in [-0.25, -0.2) is 0 Å². The highest BCUT2D eigenvalue weighted by atomic mass is 16.5. The van der Waals surface area contributed by atoms with Crippen molar-refractivity contribution in [2.75, 3.05) is 28.4 Å². The molecule has 1 aromatic carbocycles. The van der Waals surface area contributed by atoms with Gasteiger partial charge in [-0.2, -0.15) is 0 Å². The number of ether oxygens (including phenoxy) is 3. The van der Waals surface area contributed by atoms with Crippen molar-refractivity contribution in [3.05, 3.63) is 30.4 Å². The summed E-state index contributed by atoms with van der Waals surface area (Å²) in [5, 5.41) is 3.27. The molecule has 4 nitrogen and oxygen atoms in total. The number of hydrogen-bond acceptors (Lipinski definition) is 4. The van der Waals surface area contributed by atoms with Crippen molar-refractivity contribution in [3.8, 4) is 17.2 Å². The van der Waals surface area contributed by atoms with E-state index in [0.29, 0.717) is 23.3 Å². The van der Waals surface area contributed by atoms with E-state index in [9.17, 15) is 0 Å². The maximum Gasteiger partial charge on any atom is 0.203 e. The van der Waals surface area contributed by atoms with Gasteiger partial charge < -0.3 is 19.5 Å². The molecule has 0 fully saturated rings. The lowest BCUT2D eigenvalue weighted by Gasteiger charge is -2.17. The van der Waals surface area contributed by atoms with Crippen LogP contribution in [0.1, 0.15) is 12.0 Å². The van der Waals surface area contributed by atoms with Gasteiger partial charge in [0.2, 0.25) is 5.75 Å². The van der Waals surface area contributed by atoms with Crippen LogP contribution in [0.4, 0.5) is 0 Å². The SMILES string of the molecule is C=CC[C@@H](Cc1cc(OC)c(OC)c(OC)c1)NC. The second-order valence-corrected chi connectivity index (χ2v) is 4.25. The standard InChI is InChI=1S/C15H23NO3/c1-6-7-12(16-2)8-11-9-13(17-3)15(19-5)14(10-11)18-4/h6,9-10,12,16H,1,7-8H2,2-5H3/t12-/m0/s1. The maximum atomic E-state index is 5.35. The number of likely N-dealkylation sites (N-methyl/N-ethyl adjacent to an activating group) is 1. The van der Waals surface area contributed by atoms with Crippen LogP contribution in [0.3, 0.4) is 0 Å². The van der Waals surface area contributed by atoms with E-state index >= 15 is 0 Å². The molecule has 0 aliphatic rings. The molecule has 0 radical (unpaired) electrons. The summed E-state index contributed by atoms with van der Waals surface area (Å²) < 4.78 is 16.0. The second-order valence-electron chi connectivity index (χ2n) is 4.25. The number of methoxy groups -OCH3 is 3. The first-order chi connectivity index (χ1) is 9.19. The van der Waals surface area contributed by atoms with Gasteiger partial charge in [-0.3, -0.25) is 0 Å². The summed E-state index contributed by atoms with van der Waals surface area (Å²) in [7, 11) is 6.81. The molecule has 4 heteroatoms. The van der Waals surface area contributed by atoms with Crippen molar-refractivity contribution >= 4 is 0 Å². The van der Waals surface area contributed by atoms with E-state index < -0.39 is 0 Å². The Bertz CT molecular complexity index is 393. The summed E-state index contributed by atoms with van der Waals surface area (Å²) >= 11 is 0. The molecular formula is C15H23NO3. The summed E-state index contributed by atoms with van der Waals surface area (Å²) in [6.45, 7) is 3.78. The average Bonchev–Trinajstić information content (AvgIpc) is 2.45. The lowest BCUT2D eigenvalue weighted by molar-refractivity contribution is 0.323. The Labute approximate surface area is 115 Å². The molecule has 0 heterocycles. The molecule has 106 valence electrons. The predicted octanol–water partition coefficient (Wildman–Crippen LogP) is 2.42. The van der Waals surface area contributed by atoms with Crippen molar-refractivity contribution in [1.82, 2.24) is 5.32 Å². The molecule has 1 atom stereocenters. The molecule has 0 unspecified atom stereocenters. The fourth-order valence-electron chi connectivity index (χ4n) is 2.04. The highest BCUT2D eigenvalue weighted by molar-refractivity contribution is 5.54. The molecule has 1 aromatic rings. The zero-order valence-electron chi connectivity index (χ0n) is 12.2. The Hall–Kier alpha value is -1.68. The number of benzene rings is 1. The van der Waals surface area contributed by atoms with Crippen LogP contribution in [-0.2, 0) is 6.42 Å². The lowest BCUT2D eigenvalue weighted by atomic mass is 10.0. The highest BCUT2D eigenvalue weighted by Crippen LogP contribution is 2.38. The molecule has 1 N–H and O–H groups in total. The predicted molar refractivity (Wildman–Crippen MR) is 77.5 cm³/mol. The molecule has 0 spiro atoms. The van der Waals surface area contributed by atoms with Gasteiger partial charge in [-0.1, -0.05) is 6.08 Å². The Balaban J connectivity index is 3.04. The Kier molecular flexibility index (Phi) is 6.22. The van der Waals surface area contributed by atoms with Crippen LogP contribution in [0.15, 0.2) is 24.8 Å². The Morgan fingerprint density at radius 3 is 2.11 bits per heavy atom. The van der Waals surface area contributed by atoms with Crippen LogP contribution in [0.25, 0.3) is 0 Å². The van der Waals surface area contributed by atoms with E-state index in [2.05, 4.69) is 11.9 Å². The van der Waals surface area contributed by atoms with Crippen LogP contribution in [0.5, 0.6) is 17.2 Å². The average molecular weight is 265 g/mol. The van der Waals surface area contributed by atoms with E-state index in [-0.39, 0.29) is 0 Å². The summed E-state index contributed by atoms with van der Waals surface area (Å²) in [5.74, 6) is 1.99. The molecule has 0 bridgehead atoms. The van der Waals surface area contributed by atoms with Crippen LogP contribution >= 0.6 is 0 Å². The fourth-order valence-corrected chi connectivity index (χ4v) is 2.04. The van der Waals surface area contributed by atoms with Gasteiger partial charge in [0.1, 0.15) is 0 Å².